The van der Waals surface area contributed by atoms with E-state index in [0.717, 1.165) is 0 Å². The molecule has 5 nitrogen and oxygen atoms in total. The Morgan fingerprint density at radius 2 is 2.12 bits per heavy atom. The van der Waals surface area contributed by atoms with Crippen LogP contribution in [0.5, 0.6) is 0 Å². The van der Waals surface area contributed by atoms with Crippen molar-refractivity contribution in [2.45, 2.75) is 58.3 Å². The quantitative estimate of drug-likeness (QED) is 0.708. The first kappa shape index (κ1) is 12.2. The molecule has 0 radical (unpaired) electrons. The van der Waals surface area contributed by atoms with Crippen LogP contribution in [0.15, 0.2) is 0 Å². The lowest BCUT2D eigenvalue weighted by Crippen LogP contribution is -2.35. The van der Waals surface area contributed by atoms with Gasteiger partial charge in [-0.2, -0.15) is 0 Å². The number of fused-ring (bicyclic) bond motifs is 2. The SMILES string of the molecule is CCC(C)(C)C(=O)OC1CC2CC1OC(=O)O2. The summed E-state index contributed by atoms with van der Waals surface area (Å²) in [6, 6.07) is 0. The third-order valence-corrected chi connectivity index (χ3v) is 3.61. The summed E-state index contributed by atoms with van der Waals surface area (Å²) in [5.41, 5.74) is -0.498. The molecule has 96 valence electrons. The van der Waals surface area contributed by atoms with Gasteiger partial charge in [-0.3, -0.25) is 4.79 Å². The van der Waals surface area contributed by atoms with Crippen molar-refractivity contribution in [3.05, 3.63) is 0 Å². The fourth-order valence-electron chi connectivity index (χ4n) is 1.99. The highest BCUT2D eigenvalue weighted by Gasteiger charge is 2.46. The van der Waals surface area contributed by atoms with Gasteiger partial charge in [-0.1, -0.05) is 6.92 Å². The zero-order valence-electron chi connectivity index (χ0n) is 10.4. The van der Waals surface area contributed by atoms with E-state index < -0.39 is 11.6 Å². The maximum absolute atomic E-state index is 11.9. The van der Waals surface area contributed by atoms with E-state index in [1.807, 2.05) is 20.8 Å². The minimum absolute atomic E-state index is 0.163. The summed E-state index contributed by atoms with van der Waals surface area (Å²) < 4.78 is 15.4. The van der Waals surface area contributed by atoms with Crippen molar-refractivity contribution in [1.29, 1.82) is 0 Å². The third kappa shape index (κ3) is 2.37. The van der Waals surface area contributed by atoms with Gasteiger partial charge >= 0.3 is 12.1 Å². The molecule has 1 aliphatic carbocycles. The molecule has 0 spiro atoms. The summed E-state index contributed by atoms with van der Waals surface area (Å²) in [5, 5.41) is 0. The Labute approximate surface area is 100 Å². The molecule has 2 fully saturated rings. The molecule has 2 aliphatic rings. The number of carbonyl (C=O) groups excluding carboxylic acids is 2. The van der Waals surface area contributed by atoms with Crippen LogP contribution in [0.2, 0.25) is 0 Å². The topological polar surface area (TPSA) is 61.8 Å². The number of hydrogen-bond donors (Lipinski definition) is 0. The van der Waals surface area contributed by atoms with Crippen LogP contribution in [0.3, 0.4) is 0 Å². The average Bonchev–Trinajstić information content (AvgIpc) is 2.53. The van der Waals surface area contributed by atoms with Crippen LogP contribution in [-0.4, -0.2) is 30.4 Å². The number of hydrogen-bond acceptors (Lipinski definition) is 5. The lowest BCUT2D eigenvalue weighted by atomic mass is 9.90. The molecule has 1 aliphatic heterocycles. The minimum Gasteiger partial charge on any atom is -0.458 e. The van der Waals surface area contributed by atoms with E-state index in [-0.39, 0.29) is 24.3 Å². The molecule has 0 aromatic carbocycles. The van der Waals surface area contributed by atoms with Gasteiger partial charge in [0.2, 0.25) is 0 Å². The first-order chi connectivity index (χ1) is 7.92. The Hall–Kier alpha value is -1.26. The van der Waals surface area contributed by atoms with E-state index in [1.165, 1.54) is 0 Å². The molecule has 0 N–H and O–H groups in total. The van der Waals surface area contributed by atoms with Gasteiger partial charge in [0.25, 0.3) is 0 Å². The first-order valence-corrected chi connectivity index (χ1v) is 6.00. The minimum atomic E-state index is -0.653. The van der Waals surface area contributed by atoms with Gasteiger partial charge in [-0.25, -0.2) is 4.79 Å². The normalized spacial score (nSPS) is 31.7. The van der Waals surface area contributed by atoms with Gasteiger partial charge in [-0.15, -0.1) is 0 Å². The van der Waals surface area contributed by atoms with Crippen molar-refractivity contribution >= 4 is 12.1 Å². The largest absolute Gasteiger partial charge is 0.508 e. The van der Waals surface area contributed by atoms with E-state index in [0.29, 0.717) is 19.3 Å². The second-order valence-electron chi connectivity index (χ2n) is 5.30. The maximum atomic E-state index is 11.9. The first-order valence-electron chi connectivity index (χ1n) is 6.00. The molecule has 1 saturated carbocycles. The molecular formula is C12H18O5. The standard InChI is InChI=1S/C12H18O5/c1-4-12(2,3)10(13)16-8-5-7-6-9(8)17-11(14)15-7/h7-9H,4-6H2,1-3H3. The highest BCUT2D eigenvalue weighted by atomic mass is 16.8. The van der Waals surface area contributed by atoms with Crippen molar-refractivity contribution in [3.63, 3.8) is 0 Å². The Bertz CT molecular complexity index is 336. The molecule has 0 amide bonds. The molecule has 2 rings (SSSR count). The molecule has 17 heavy (non-hydrogen) atoms. The van der Waals surface area contributed by atoms with Crippen molar-refractivity contribution < 1.29 is 23.8 Å². The molecule has 3 atom stereocenters. The van der Waals surface area contributed by atoms with Gasteiger partial charge in [0.05, 0.1) is 5.41 Å². The summed E-state index contributed by atoms with van der Waals surface area (Å²) >= 11 is 0. The number of carbonyl (C=O) groups is 2. The summed E-state index contributed by atoms with van der Waals surface area (Å²) in [5.74, 6) is -0.242. The summed E-state index contributed by atoms with van der Waals surface area (Å²) in [6.07, 6.45) is 0.368. The Kier molecular flexibility index (Phi) is 3.02. The van der Waals surface area contributed by atoms with Crippen molar-refractivity contribution in [2.24, 2.45) is 5.41 Å². The lowest BCUT2D eigenvalue weighted by Gasteiger charge is -2.25. The predicted octanol–water partition coefficient (Wildman–Crippen LogP) is 2.03. The summed E-state index contributed by atoms with van der Waals surface area (Å²) in [6.45, 7) is 5.63. The maximum Gasteiger partial charge on any atom is 0.508 e. The predicted molar refractivity (Wildman–Crippen MR) is 58.3 cm³/mol. The summed E-state index contributed by atoms with van der Waals surface area (Å²) in [7, 11) is 0. The molecule has 1 heterocycles. The highest BCUT2D eigenvalue weighted by Crippen LogP contribution is 2.34. The molecule has 1 saturated heterocycles. The van der Waals surface area contributed by atoms with Gasteiger partial charge < -0.3 is 14.2 Å². The van der Waals surface area contributed by atoms with Crippen molar-refractivity contribution in [2.75, 3.05) is 0 Å². The Balaban J connectivity index is 1.97. The fraction of sp³-hybridized carbons (Fsp3) is 0.833. The van der Waals surface area contributed by atoms with Crippen LogP contribution in [-0.2, 0) is 19.0 Å². The average molecular weight is 242 g/mol. The number of rotatable bonds is 3. The second-order valence-corrected chi connectivity index (χ2v) is 5.30. The Morgan fingerprint density at radius 1 is 1.41 bits per heavy atom. The lowest BCUT2D eigenvalue weighted by molar-refractivity contribution is -0.164. The van der Waals surface area contributed by atoms with Crippen LogP contribution in [0.1, 0.15) is 40.0 Å². The fourth-order valence-corrected chi connectivity index (χ4v) is 1.99. The van der Waals surface area contributed by atoms with Crippen molar-refractivity contribution in [3.8, 4) is 0 Å². The third-order valence-electron chi connectivity index (χ3n) is 3.61. The van der Waals surface area contributed by atoms with Crippen LogP contribution in [0.25, 0.3) is 0 Å². The zero-order valence-corrected chi connectivity index (χ0v) is 10.4. The molecule has 0 aromatic rings. The number of esters is 1. The van der Waals surface area contributed by atoms with E-state index >= 15 is 0 Å². The van der Waals surface area contributed by atoms with Gasteiger partial charge in [-0.05, 0) is 20.3 Å². The van der Waals surface area contributed by atoms with E-state index in [4.69, 9.17) is 14.2 Å². The zero-order chi connectivity index (χ0) is 12.6. The molecule has 2 bridgehead atoms. The van der Waals surface area contributed by atoms with E-state index in [1.54, 1.807) is 0 Å². The van der Waals surface area contributed by atoms with E-state index in [2.05, 4.69) is 0 Å². The molecular weight excluding hydrogens is 224 g/mol. The van der Waals surface area contributed by atoms with Crippen molar-refractivity contribution in [1.82, 2.24) is 0 Å². The summed E-state index contributed by atoms with van der Waals surface area (Å²) in [4.78, 5) is 22.9. The van der Waals surface area contributed by atoms with Gasteiger partial charge in [0, 0.05) is 12.8 Å². The number of ether oxygens (including phenoxy) is 3. The molecule has 5 heteroatoms. The molecule has 3 unspecified atom stereocenters. The smallest absolute Gasteiger partial charge is 0.458 e. The van der Waals surface area contributed by atoms with Gasteiger partial charge in [0.1, 0.15) is 18.3 Å². The second kappa shape index (κ2) is 4.20. The van der Waals surface area contributed by atoms with Crippen LogP contribution < -0.4 is 0 Å². The van der Waals surface area contributed by atoms with Crippen LogP contribution in [0, 0.1) is 5.41 Å². The van der Waals surface area contributed by atoms with E-state index in [9.17, 15) is 9.59 Å². The Morgan fingerprint density at radius 3 is 2.76 bits per heavy atom. The monoisotopic (exact) mass is 242 g/mol. The van der Waals surface area contributed by atoms with Crippen LogP contribution >= 0.6 is 0 Å². The highest BCUT2D eigenvalue weighted by molar-refractivity contribution is 5.76. The van der Waals surface area contributed by atoms with Gasteiger partial charge in [0.15, 0.2) is 0 Å². The molecule has 0 aromatic heterocycles. The van der Waals surface area contributed by atoms with Crippen LogP contribution in [0.4, 0.5) is 4.79 Å².